The minimum atomic E-state index is -0.0173. The quantitative estimate of drug-likeness (QED) is 0.256. The molecule has 4 rings (SSSR count). The first-order valence-corrected chi connectivity index (χ1v) is 8.85. The van der Waals surface area contributed by atoms with Gasteiger partial charge in [0, 0.05) is 29.2 Å². The molecule has 4 nitrogen and oxygen atoms in total. The predicted molar refractivity (Wildman–Crippen MR) is 110 cm³/mol. The maximum atomic E-state index is 7.68. The van der Waals surface area contributed by atoms with Crippen molar-refractivity contribution in [2.24, 2.45) is 5.11 Å². The van der Waals surface area contributed by atoms with Gasteiger partial charge in [0.25, 0.3) is 0 Å². The van der Waals surface area contributed by atoms with E-state index in [-0.39, 0.29) is 5.84 Å². The third-order valence-electron chi connectivity index (χ3n) is 4.85. The largest absolute Gasteiger partial charge is 0.343 e. The van der Waals surface area contributed by atoms with Crippen LogP contribution in [0, 0.1) is 17.9 Å². The summed E-state index contributed by atoms with van der Waals surface area (Å²) in [5, 5.41) is 11.9. The number of nitrogens with zero attached hydrogens (tertiary/aromatic N) is 2. The van der Waals surface area contributed by atoms with Crippen LogP contribution in [0.15, 0.2) is 84.1 Å². The summed E-state index contributed by atoms with van der Waals surface area (Å²) >= 11 is 0. The lowest BCUT2D eigenvalue weighted by Gasteiger charge is -2.08. The number of fused-ring (bicyclic) bond motifs is 1. The molecule has 0 aliphatic rings. The van der Waals surface area contributed by atoms with Gasteiger partial charge in [-0.2, -0.15) is 0 Å². The van der Waals surface area contributed by atoms with Crippen LogP contribution >= 0.6 is 0 Å². The Labute approximate surface area is 158 Å². The summed E-state index contributed by atoms with van der Waals surface area (Å²) in [6, 6.07) is 25.0. The number of hydrogen-bond donors (Lipinski definition) is 2. The molecule has 3 aromatic carbocycles. The summed E-state index contributed by atoms with van der Waals surface area (Å²) < 4.78 is 2.20. The fraction of sp³-hybridized carbons (Fsp3) is 0.0870. The van der Waals surface area contributed by atoms with Crippen molar-refractivity contribution in [3.05, 3.63) is 95.7 Å². The van der Waals surface area contributed by atoms with Gasteiger partial charge >= 0.3 is 0 Å². The normalized spacial score (nSPS) is 10.9. The minimum absolute atomic E-state index is 0.0173. The van der Waals surface area contributed by atoms with Crippen molar-refractivity contribution in [1.29, 1.82) is 10.9 Å². The maximum Gasteiger partial charge on any atom is 0.173 e. The van der Waals surface area contributed by atoms with Crippen LogP contribution in [-0.4, -0.2) is 10.4 Å². The van der Waals surface area contributed by atoms with Crippen LogP contribution in [0.4, 0.5) is 0 Å². The van der Waals surface area contributed by atoms with Crippen molar-refractivity contribution in [2.45, 2.75) is 13.5 Å². The van der Waals surface area contributed by atoms with Gasteiger partial charge in [-0.3, -0.25) is 5.41 Å². The molecular weight excluding hydrogens is 332 g/mol. The van der Waals surface area contributed by atoms with Crippen molar-refractivity contribution < 1.29 is 0 Å². The van der Waals surface area contributed by atoms with Crippen molar-refractivity contribution in [2.75, 3.05) is 0 Å². The highest BCUT2D eigenvalue weighted by atomic mass is 15.0. The third-order valence-corrected chi connectivity index (χ3v) is 4.85. The van der Waals surface area contributed by atoms with Crippen molar-refractivity contribution in [1.82, 2.24) is 4.57 Å². The number of aryl methyl sites for hydroxylation is 1. The zero-order valence-corrected chi connectivity index (χ0v) is 15.1. The van der Waals surface area contributed by atoms with E-state index in [9.17, 15) is 0 Å². The number of benzene rings is 3. The van der Waals surface area contributed by atoms with Gasteiger partial charge in [0.2, 0.25) is 0 Å². The standard InChI is InChI=1S/C23H20N4/c1-16-2-6-18(7-3-16)19-8-4-17(5-9-19)15-27-13-12-20-14-21(23(24)26-25)10-11-22(20)27/h2-14,24-25H,15H2,1H3. The van der Waals surface area contributed by atoms with Gasteiger partial charge in [0.05, 0.1) is 0 Å². The summed E-state index contributed by atoms with van der Waals surface area (Å²) in [5.41, 5.74) is 13.7. The predicted octanol–water partition coefficient (Wildman–Crippen LogP) is 6.02. The van der Waals surface area contributed by atoms with E-state index in [1.54, 1.807) is 0 Å². The number of hydrogen-bond acceptors (Lipinski definition) is 2. The fourth-order valence-electron chi connectivity index (χ4n) is 3.30. The molecule has 0 bridgehead atoms. The van der Waals surface area contributed by atoms with Gasteiger partial charge in [0.15, 0.2) is 5.84 Å². The molecule has 132 valence electrons. The molecule has 0 saturated heterocycles. The molecule has 1 heterocycles. The average molecular weight is 352 g/mol. The minimum Gasteiger partial charge on any atom is -0.343 e. The SMILES string of the molecule is Cc1ccc(-c2ccc(Cn3ccc4cc(C(=N)N=N)ccc43)cc2)cc1. The first-order valence-electron chi connectivity index (χ1n) is 8.85. The van der Waals surface area contributed by atoms with Gasteiger partial charge in [0.1, 0.15) is 0 Å². The molecule has 0 unspecified atom stereocenters. The van der Waals surface area contributed by atoms with E-state index in [1.807, 2.05) is 24.3 Å². The molecule has 0 saturated carbocycles. The fourth-order valence-corrected chi connectivity index (χ4v) is 3.30. The Morgan fingerprint density at radius 3 is 2.22 bits per heavy atom. The highest BCUT2D eigenvalue weighted by Crippen LogP contribution is 2.23. The van der Waals surface area contributed by atoms with Crippen LogP contribution in [0.1, 0.15) is 16.7 Å². The Hall–Kier alpha value is -3.53. The second kappa shape index (κ2) is 7.00. The third kappa shape index (κ3) is 3.42. The summed E-state index contributed by atoms with van der Waals surface area (Å²) in [7, 11) is 0. The first-order chi connectivity index (χ1) is 13.1. The summed E-state index contributed by atoms with van der Waals surface area (Å²) in [4.78, 5) is 0. The molecule has 4 heteroatoms. The number of amidine groups is 1. The van der Waals surface area contributed by atoms with Crippen LogP contribution in [0.3, 0.4) is 0 Å². The van der Waals surface area contributed by atoms with Gasteiger partial charge in [-0.15, -0.1) is 5.11 Å². The highest BCUT2D eigenvalue weighted by Gasteiger charge is 2.06. The van der Waals surface area contributed by atoms with E-state index < -0.39 is 0 Å². The van der Waals surface area contributed by atoms with Crippen LogP contribution < -0.4 is 0 Å². The lowest BCUT2D eigenvalue weighted by atomic mass is 10.0. The zero-order chi connectivity index (χ0) is 18.8. The second-order valence-corrected chi connectivity index (χ2v) is 6.74. The van der Waals surface area contributed by atoms with Crippen LogP contribution in [0.2, 0.25) is 0 Å². The molecule has 0 radical (unpaired) electrons. The molecule has 0 spiro atoms. The molecule has 1 aromatic heterocycles. The van der Waals surface area contributed by atoms with E-state index in [1.165, 1.54) is 22.3 Å². The van der Waals surface area contributed by atoms with Crippen LogP contribution in [0.5, 0.6) is 0 Å². The van der Waals surface area contributed by atoms with E-state index in [0.717, 1.165) is 17.4 Å². The molecule has 4 aromatic rings. The van der Waals surface area contributed by atoms with Gasteiger partial charge in [-0.1, -0.05) is 54.1 Å². The summed E-state index contributed by atoms with van der Waals surface area (Å²) in [5.74, 6) is -0.0173. The van der Waals surface area contributed by atoms with E-state index >= 15 is 0 Å². The lowest BCUT2D eigenvalue weighted by molar-refractivity contribution is 0.837. The Balaban J connectivity index is 1.58. The maximum absolute atomic E-state index is 7.68. The van der Waals surface area contributed by atoms with E-state index in [4.69, 9.17) is 10.9 Å². The van der Waals surface area contributed by atoms with Crippen molar-refractivity contribution >= 4 is 16.7 Å². The van der Waals surface area contributed by atoms with Gasteiger partial charge < -0.3 is 4.57 Å². The van der Waals surface area contributed by atoms with Crippen LogP contribution in [0.25, 0.3) is 22.0 Å². The van der Waals surface area contributed by atoms with Gasteiger partial charge in [-0.25, -0.2) is 5.53 Å². The summed E-state index contributed by atoms with van der Waals surface area (Å²) in [6.45, 7) is 2.89. The Kier molecular flexibility index (Phi) is 4.38. The Morgan fingerprint density at radius 2 is 1.56 bits per heavy atom. The Bertz CT molecular complexity index is 1120. The smallest absolute Gasteiger partial charge is 0.173 e. The Morgan fingerprint density at radius 1 is 0.889 bits per heavy atom. The van der Waals surface area contributed by atoms with E-state index in [0.29, 0.717) is 5.56 Å². The summed E-state index contributed by atoms with van der Waals surface area (Å²) in [6.07, 6.45) is 2.06. The van der Waals surface area contributed by atoms with Crippen molar-refractivity contribution in [3.63, 3.8) is 0 Å². The van der Waals surface area contributed by atoms with Gasteiger partial charge in [-0.05, 0) is 47.9 Å². The first kappa shape index (κ1) is 16.9. The topological polar surface area (TPSA) is 65.0 Å². The molecule has 27 heavy (non-hydrogen) atoms. The monoisotopic (exact) mass is 352 g/mol. The van der Waals surface area contributed by atoms with Crippen LogP contribution in [-0.2, 0) is 6.54 Å². The molecule has 2 N–H and O–H groups in total. The lowest BCUT2D eigenvalue weighted by Crippen LogP contribution is -1.98. The number of nitrogens with one attached hydrogen (secondary N) is 2. The molecule has 0 atom stereocenters. The highest BCUT2D eigenvalue weighted by molar-refractivity contribution is 5.99. The molecule has 0 amide bonds. The molecular formula is C23H20N4. The average Bonchev–Trinajstić information content (AvgIpc) is 3.10. The second-order valence-electron chi connectivity index (χ2n) is 6.74. The zero-order valence-electron chi connectivity index (χ0n) is 15.1. The van der Waals surface area contributed by atoms with Crippen molar-refractivity contribution in [3.8, 4) is 11.1 Å². The number of rotatable bonds is 4. The molecule has 0 aliphatic heterocycles. The molecule has 0 aliphatic carbocycles. The molecule has 0 fully saturated rings. The number of aromatic nitrogens is 1. The van der Waals surface area contributed by atoms with E-state index in [2.05, 4.69) is 71.3 Å².